The number of rotatable bonds is 3. The van der Waals surface area contributed by atoms with E-state index in [1.165, 1.54) is 0 Å². The Kier molecular flexibility index (Phi) is 2.30. The van der Waals surface area contributed by atoms with Crippen LogP contribution in [0.2, 0.25) is 0 Å². The van der Waals surface area contributed by atoms with Gasteiger partial charge in [-0.1, -0.05) is 6.42 Å². The third kappa shape index (κ3) is 1.11. The zero-order valence-electron chi connectivity index (χ0n) is 8.84. The molecule has 0 radical (unpaired) electrons. The van der Waals surface area contributed by atoms with Gasteiger partial charge in [0.1, 0.15) is 0 Å². The second-order valence-corrected chi connectivity index (χ2v) is 4.67. The maximum atomic E-state index is 11.9. The molecule has 3 nitrogen and oxygen atoms in total. The number of carbonyl (C=O) groups is 1. The van der Waals surface area contributed by atoms with E-state index in [2.05, 4.69) is 0 Å². The minimum atomic E-state index is -0.318. The van der Waals surface area contributed by atoms with Crippen molar-refractivity contribution >= 4 is 5.97 Å². The monoisotopic (exact) mass is 197 g/mol. The molecule has 0 bridgehead atoms. The quantitative estimate of drug-likeness (QED) is 0.699. The van der Waals surface area contributed by atoms with Crippen molar-refractivity contribution in [3.8, 4) is 0 Å². The molecule has 0 heterocycles. The van der Waals surface area contributed by atoms with E-state index < -0.39 is 0 Å². The van der Waals surface area contributed by atoms with Crippen LogP contribution in [-0.2, 0) is 9.53 Å². The molecule has 2 aliphatic rings. The molecule has 0 aromatic rings. The molecule has 0 aliphatic heterocycles. The van der Waals surface area contributed by atoms with Crippen LogP contribution in [0.3, 0.4) is 0 Å². The molecular formula is C11H19NO2. The van der Waals surface area contributed by atoms with Crippen molar-refractivity contribution in [3.05, 3.63) is 0 Å². The Morgan fingerprint density at radius 3 is 2.14 bits per heavy atom. The third-order valence-electron chi connectivity index (χ3n) is 4.07. The van der Waals surface area contributed by atoms with Crippen LogP contribution in [0.15, 0.2) is 0 Å². The van der Waals surface area contributed by atoms with E-state index in [9.17, 15) is 4.79 Å². The Balaban J connectivity index is 2.13. The van der Waals surface area contributed by atoms with Crippen LogP contribution in [0, 0.1) is 5.41 Å². The van der Waals surface area contributed by atoms with Crippen molar-refractivity contribution in [3.63, 3.8) is 0 Å². The first-order chi connectivity index (χ1) is 6.65. The lowest BCUT2D eigenvalue weighted by Gasteiger charge is -2.56. The number of esters is 1. The Bertz CT molecular complexity index is 242. The molecule has 14 heavy (non-hydrogen) atoms. The molecule has 2 N–H and O–H groups in total. The Morgan fingerprint density at radius 2 is 1.86 bits per heavy atom. The Hall–Kier alpha value is -0.570. The fourth-order valence-electron chi connectivity index (χ4n) is 2.74. The largest absolute Gasteiger partial charge is 0.466 e. The van der Waals surface area contributed by atoms with E-state index in [0.29, 0.717) is 6.61 Å². The second-order valence-electron chi connectivity index (χ2n) is 4.67. The molecule has 2 saturated carbocycles. The summed E-state index contributed by atoms with van der Waals surface area (Å²) in [6.45, 7) is 2.32. The van der Waals surface area contributed by atoms with Gasteiger partial charge >= 0.3 is 5.97 Å². The van der Waals surface area contributed by atoms with Crippen LogP contribution in [0.1, 0.15) is 45.4 Å². The Morgan fingerprint density at radius 1 is 1.29 bits per heavy atom. The van der Waals surface area contributed by atoms with Gasteiger partial charge in [0.15, 0.2) is 0 Å². The molecule has 0 atom stereocenters. The summed E-state index contributed by atoms with van der Waals surface area (Å²) in [5, 5.41) is 0. The van der Waals surface area contributed by atoms with Crippen LogP contribution >= 0.6 is 0 Å². The van der Waals surface area contributed by atoms with Gasteiger partial charge in [0.05, 0.1) is 12.0 Å². The lowest BCUT2D eigenvalue weighted by molar-refractivity contribution is -0.172. The number of hydrogen-bond acceptors (Lipinski definition) is 3. The standard InChI is InChI=1S/C11H19NO2/c1-2-14-9(13)10(5-3-6-10)11(12)7-4-8-11/h2-8,12H2,1H3. The highest BCUT2D eigenvalue weighted by molar-refractivity contribution is 5.80. The fraction of sp³-hybridized carbons (Fsp3) is 0.909. The molecule has 0 aromatic heterocycles. The lowest BCUT2D eigenvalue weighted by atomic mass is 9.51. The SMILES string of the molecule is CCOC(=O)C1(C2(N)CCC2)CCC1. The van der Waals surface area contributed by atoms with Crippen LogP contribution in [0.25, 0.3) is 0 Å². The van der Waals surface area contributed by atoms with Crippen molar-refractivity contribution in [1.29, 1.82) is 0 Å². The minimum absolute atomic E-state index is 0.0477. The minimum Gasteiger partial charge on any atom is -0.466 e. The fourth-order valence-corrected chi connectivity index (χ4v) is 2.74. The van der Waals surface area contributed by atoms with Gasteiger partial charge in [-0.05, 0) is 39.0 Å². The predicted octanol–water partition coefficient (Wildman–Crippen LogP) is 1.60. The normalized spacial score (nSPS) is 27.3. The van der Waals surface area contributed by atoms with Crippen molar-refractivity contribution < 1.29 is 9.53 Å². The van der Waals surface area contributed by atoms with Gasteiger partial charge in [0.2, 0.25) is 0 Å². The molecular weight excluding hydrogens is 178 g/mol. The summed E-state index contributed by atoms with van der Waals surface area (Å²) < 4.78 is 5.15. The summed E-state index contributed by atoms with van der Waals surface area (Å²) in [7, 11) is 0. The van der Waals surface area contributed by atoms with E-state index in [1.807, 2.05) is 6.92 Å². The van der Waals surface area contributed by atoms with Crippen molar-refractivity contribution in [1.82, 2.24) is 0 Å². The molecule has 0 aromatic carbocycles. The van der Waals surface area contributed by atoms with Crippen LogP contribution in [0.5, 0.6) is 0 Å². The molecule has 0 amide bonds. The lowest BCUT2D eigenvalue weighted by Crippen LogP contribution is -2.66. The van der Waals surface area contributed by atoms with Gasteiger partial charge in [-0.15, -0.1) is 0 Å². The maximum Gasteiger partial charge on any atom is 0.313 e. The smallest absolute Gasteiger partial charge is 0.313 e. The number of hydrogen-bond donors (Lipinski definition) is 1. The van der Waals surface area contributed by atoms with E-state index in [-0.39, 0.29) is 16.9 Å². The average Bonchev–Trinajstić information content (AvgIpc) is 1.99. The first-order valence-corrected chi connectivity index (χ1v) is 5.61. The Labute approximate surface area is 85.0 Å². The zero-order valence-corrected chi connectivity index (χ0v) is 8.84. The molecule has 2 fully saturated rings. The molecule has 0 saturated heterocycles. The van der Waals surface area contributed by atoms with Crippen molar-refractivity contribution in [2.75, 3.05) is 6.61 Å². The summed E-state index contributed by atoms with van der Waals surface area (Å²) in [5.74, 6) is -0.0477. The van der Waals surface area contributed by atoms with E-state index >= 15 is 0 Å². The van der Waals surface area contributed by atoms with E-state index in [4.69, 9.17) is 10.5 Å². The first-order valence-electron chi connectivity index (χ1n) is 5.61. The molecule has 2 rings (SSSR count). The topological polar surface area (TPSA) is 52.3 Å². The first kappa shape index (κ1) is 9.97. The molecule has 0 unspecified atom stereocenters. The van der Waals surface area contributed by atoms with Crippen LogP contribution in [0.4, 0.5) is 0 Å². The highest BCUT2D eigenvalue weighted by atomic mass is 16.5. The van der Waals surface area contributed by atoms with Crippen LogP contribution in [-0.4, -0.2) is 18.1 Å². The molecule has 80 valence electrons. The maximum absolute atomic E-state index is 11.9. The van der Waals surface area contributed by atoms with Gasteiger partial charge in [0.25, 0.3) is 0 Å². The summed E-state index contributed by atoms with van der Waals surface area (Å²) >= 11 is 0. The number of nitrogens with two attached hydrogens (primary N) is 1. The van der Waals surface area contributed by atoms with Gasteiger partial charge in [0, 0.05) is 5.54 Å². The predicted molar refractivity (Wildman–Crippen MR) is 53.7 cm³/mol. The summed E-state index contributed by atoms with van der Waals surface area (Å²) in [6, 6.07) is 0. The van der Waals surface area contributed by atoms with Gasteiger partial charge in [-0.25, -0.2) is 0 Å². The average molecular weight is 197 g/mol. The van der Waals surface area contributed by atoms with E-state index in [0.717, 1.165) is 38.5 Å². The molecule has 2 aliphatic carbocycles. The summed E-state index contributed by atoms with van der Waals surface area (Å²) in [6.07, 6.45) is 6.14. The van der Waals surface area contributed by atoms with Crippen LogP contribution < -0.4 is 5.73 Å². The summed E-state index contributed by atoms with van der Waals surface area (Å²) in [4.78, 5) is 11.9. The highest BCUT2D eigenvalue weighted by Gasteiger charge is 2.60. The van der Waals surface area contributed by atoms with E-state index in [1.54, 1.807) is 0 Å². The van der Waals surface area contributed by atoms with Crippen molar-refractivity contribution in [2.24, 2.45) is 11.1 Å². The van der Waals surface area contributed by atoms with Gasteiger partial charge in [-0.3, -0.25) is 4.79 Å². The second kappa shape index (κ2) is 3.23. The molecule has 3 heteroatoms. The van der Waals surface area contributed by atoms with Gasteiger partial charge < -0.3 is 10.5 Å². The highest BCUT2D eigenvalue weighted by Crippen LogP contribution is 2.56. The zero-order chi connectivity index (χ0) is 10.2. The number of carbonyl (C=O) groups excluding carboxylic acids is 1. The third-order valence-corrected chi connectivity index (χ3v) is 4.07. The van der Waals surface area contributed by atoms with Crippen molar-refractivity contribution in [2.45, 2.75) is 51.0 Å². The summed E-state index contributed by atoms with van der Waals surface area (Å²) in [5.41, 5.74) is 5.72. The molecule has 0 spiro atoms. The number of ether oxygens (including phenoxy) is 1. The van der Waals surface area contributed by atoms with Gasteiger partial charge in [-0.2, -0.15) is 0 Å².